The summed E-state index contributed by atoms with van der Waals surface area (Å²) in [5, 5.41) is 4.13. The van der Waals surface area contributed by atoms with Crippen LogP contribution in [-0.4, -0.2) is 57.9 Å². The molecule has 0 saturated carbocycles. The number of piperidine rings is 1. The monoisotopic (exact) mass is 399 g/mol. The number of ether oxygens (including phenoxy) is 1. The van der Waals surface area contributed by atoms with Gasteiger partial charge < -0.3 is 19.1 Å². The topological polar surface area (TPSA) is 84.6 Å². The van der Waals surface area contributed by atoms with E-state index in [4.69, 9.17) is 9.26 Å². The predicted octanol–water partition coefficient (Wildman–Crippen LogP) is 3.85. The molecule has 0 aromatic carbocycles. The van der Waals surface area contributed by atoms with Crippen LogP contribution in [0.4, 0.5) is 10.6 Å². The summed E-state index contributed by atoms with van der Waals surface area (Å²) in [6, 6.07) is 4.02. The highest BCUT2D eigenvalue weighted by Gasteiger charge is 2.33. The van der Waals surface area contributed by atoms with Crippen LogP contribution in [0.2, 0.25) is 0 Å². The minimum atomic E-state index is -0.500. The third kappa shape index (κ3) is 4.68. The molecule has 0 bridgehead atoms. The molecule has 8 heteroatoms. The van der Waals surface area contributed by atoms with Crippen LogP contribution in [-0.2, 0) is 4.74 Å². The number of nitrogens with zero attached hydrogens (tertiary/aromatic N) is 5. The molecule has 0 radical (unpaired) electrons. The Morgan fingerprint density at radius 1 is 1.17 bits per heavy atom. The van der Waals surface area contributed by atoms with Gasteiger partial charge in [0.15, 0.2) is 0 Å². The second-order valence-electron chi connectivity index (χ2n) is 8.82. The first-order valence-corrected chi connectivity index (χ1v) is 10.4. The second-order valence-corrected chi connectivity index (χ2v) is 8.82. The lowest BCUT2D eigenvalue weighted by Gasteiger charge is -2.27. The van der Waals surface area contributed by atoms with Gasteiger partial charge in [-0.05, 0) is 58.6 Å². The van der Waals surface area contributed by atoms with Gasteiger partial charge in [0.2, 0.25) is 11.7 Å². The van der Waals surface area contributed by atoms with E-state index in [9.17, 15) is 4.79 Å². The normalized spacial score (nSPS) is 20.2. The van der Waals surface area contributed by atoms with Gasteiger partial charge in [-0.2, -0.15) is 4.98 Å². The molecular formula is C21H29N5O3. The molecule has 0 N–H and O–H groups in total. The molecule has 2 aromatic rings. The Morgan fingerprint density at radius 2 is 1.97 bits per heavy atom. The van der Waals surface area contributed by atoms with E-state index in [2.05, 4.69) is 20.0 Å². The molecule has 2 saturated heterocycles. The number of amides is 1. The molecule has 29 heavy (non-hydrogen) atoms. The lowest BCUT2D eigenvalue weighted by Crippen LogP contribution is -2.35. The highest BCUT2D eigenvalue weighted by molar-refractivity contribution is 5.68. The molecule has 8 nitrogen and oxygen atoms in total. The zero-order valence-corrected chi connectivity index (χ0v) is 17.4. The van der Waals surface area contributed by atoms with Crippen LogP contribution in [0, 0.1) is 0 Å². The summed E-state index contributed by atoms with van der Waals surface area (Å²) in [5.74, 6) is 2.13. The minimum Gasteiger partial charge on any atom is -0.444 e. The summed E-state index contributed by atoms with van der Waals surface area (Å²) in [7, 11) is 0. The summed E-state index contributed by atoms with van der Waals surface area (Å²) in [6.07, 6.45) is 6.04. The third-order valence-electron chi connectivity index (χ3n) is 5.32. The van der Waals surface area contributed by atoms with E-state index in [-0.39, 0.29) is 12.0 Å². The average molecular weight is 399 g/mol. The number of anilines is 1. The lowest BCUT2D eigenvalue weighted by molar-refractivity contribution is 0.0291. The highest BCUT2D eigenvalue weighted by atomic mass is 16.6. The number of hydrogen-bond donors (Lipinski definition) is 0. The minimum absolute atomic E-state index is 0.0318. The molecule has 2 aliphatic heterocycles. The summed E-state index contributed by atoms with van der Waals surface area (Å²) >= 11 is 0. The van der Waals surface area contributed by atoms with Crippen molar-refractivity contribution in [3.8, 4) is 11.4 Å². The third-order valence-corrected chi connectivity index (χ3v) is 5.32. The quantitative estimate of drug-likeness (QED) is 0.775. The average Bonchev–Trinajstić information content (AvgIpc) is 3.37. The van der Waals surface area contributed by atoms with Crippen molar-refractivity contribution in [2.24, 2.45) is 0 Å². The zero-order chi connectivity index (χ0) is 20.4. The molecule has 156 valence electrons. The number of hydrogen-bond acceptors (Lipinski definition) is 7. The maximum absolute atomic E-state index is 12.3. The number of carbonyl (C=O) groups excluding carboxylic acids is 1. The smallest absolute Gasteiger partial charge is 0.410 e. The maximum atomic E-state index is 12.3. The number of aromatic nitrogens is 3. The van der Waals surface area contributed by atoms with Crippen LogP contribution < -0.4 is 4.90 Å². The largest absolute Gasteiger partial charge is 0.444 e. The molecule has 2 aliphatic rings. The van der Waals surface area contributed by atoms with Crippen molar-refractivity contribution in [3.05, 3.63) is 24.2 Å². The van der Waals surface area contributed by atoms with Crippen molar-refractivity contribution in [1.29, 1.82) is 0 Å². The molecule has 4 heterocycles. The number of likely N-dealkylation sites (tertiary alicyclic amines) is 1. The van der Waals surface area contributed by atoms with Crippen molar-refractivity contribution in [2.45, 2.75) is 58.0 Å². The molecule has 4 rings (SSSR count). The van der Waals surface area contributed by atoms with Crippen LogP contribution in [0.1, 0.15) is 58.3 Å². The Morgan fingerprint density at radius 3 is 2.66 bits per heavy atom. The van der Waals surface area contributed by atoms with E-state index in [1.807, 2.05) is 32.9 Å². The van der Waals surface area contributed by atoms with Crippen LogP contribution in [0.25, 0.3) is 11.4 Å². The van der Waals surface area contributed by atoms with Gasteiger partial charge in [0, 0.05) is 37.9 Å². The molecule has 2 fully saturated rings. The first kappa shape index (κ1) is 19.7. The molecule has 1 amide bonds. The fraction of sp³-hybridized carbons (Fsp3) is 0.619. The van der Waals surface area contributed by atoms with Crippen LogP contribution in [0.3, 0.4) is 0 Å². The van der Waals surface area contributed by atoms with Crippen LogP contribution in [0.15, 0.2) is 22.9 Å². The molecule has 0 spiro atoms. The van der Waals surface area contributed by atoms with Crippen molar-refractivity contribution in [1.82, 2.24) is 20.0 Å². The number of rotatable bonds is 3. The Bertz CT molecular complexity index is 837. The fourth-order valence-electron chi connectivity index (χ4n) is 3.80. The van der Waals surface area contributed by atoms with Crippen molar-refractivity contribution >= 4 is 11.9 Å². The van der Waals surface area contributed by atoms with E-state index in [1.165, 1.54) is 19.3 Å². The van der Waals surface area contributed by atoms with E-state index in [0.717, 1.165) is 30.9 Å². The van der Waals surface area contributed by atoms with E-state index < -0.39 is 5.60 Å². The Labute approximate surface area is 171 Å². The van der Waals surface area contributed by atoms with Gasteiger partial charge in [0.05, 0.1) is 5.92 Å². The Kier molecular flexibility index (Phi) is 5.43. The molecule has 0 aliphatic carbocycles. The van der Waals surface area contributed by atoms with Gasteiger partial charge in [0.1, 0.15) is 11.4 Å². The lowest BCUT2D eigenvalue weighted by atomic mass is 10.1. The maximum Gasteiger partial charge on any atom is 0.410 e. The highest BCUT2D eigenvalue weighted by Crippen LogP contribution is 2.29. The van der Waals surface area contributed by atoms with Gasteiger partial charge in [-0.1, -0.05) is 5.16 Å². The van der Waals surface area contributed by atoms with E-state index in [0.29, 0.717) is 24.8 Å². The number of carbonyl (C=O) groups is 1. The zero-order valence-electron chi connectivity index (χ0n) is 17.4. The fourth-order valence-corrected chi connectivity index (χ4v) is 3.80. The van der Waals surface area contributed by atoms with E-state index in [1.54, 1.807) is 11.1 Å². The SMILES string of the molecule is CC(C)(C)OC(=O)N1CC[C@@H](c2nc(-c3ccc(N4CCCCC4)nc3)no2)C1. The van der Waals surface area contributed by atoms with Crippen LogP contribution >= 0.6 is 0 Å². The van der Waals surface area contributed by atoms with Gasteiger partial charge in [-0.15, -0.1) is 0 Å². The first-order chi connectivity index (χ1) is 13.9. The summed E-state index contributed by atoms with van der Waals surface area (Å²) < 4.78 is 11.0. The first-order valence-electron chi connectivity index (χ1n) is 10.4. The van der Waals surface area contributed by atoms with Crippen LogP contribution in [0.5, 0.6) is 0 Å². The molecule has 2 aromatic heterocycles. The van der Waals surface area contributed by atoms with Gasteiger partial charge in [-0.25, -0.2) is 9.78 Å². The summed E-state index contributed by atoms with van der Waals surface area (Å²) in [6.45, 7) is 8.89. The summed E-state index contributed by atoms with van der Waals surface area (Å²) in [5.41, 5.74) is 0.336. The Balaban J connectivity index is 1.39. The second kappa shape index (κ2) is 8.00. The molecular weight excluding hydrogens is 370 g/mol. The van der Waals surface area contributed by atoms with Crippen molar-refractivity contribution in [3.63, 3.8) is 0 Å². The van der Waals surface area contributed by atoms with Crippen molar-refractivity contribution in [2.75, 3.05) is 31.1 Å². The Hall–Kier alpha value is -2.64. The van der Waals surface area contributed by atoms with Gasteiger partial charge in [0.25, 0.3) is 0 Å². The number of pyridine rings is 1. The molecule has 1 atom stereocenters. The van der Waals surface area contributed by atoms with Crippen molar-refractivity contribution < 1.29 is 14.1 Å². The van der Waals surface area contributed by atoms with Gasteiger partial charge in [-0.3, -0.25) is 0 Å². The summed E-state index contributed by atoms with van der Waals surface area (Å²) in [4.78, 5) is 25.4. The van der Waals surface area contributed by atoms with Gasteiger partial charge >= 0.3 is 6.09 Å². The predicted molar refractivity (Wildman–Crippen MR) is 109 cm³/mol. The standard InChI is InChI=1S/C21H29N5O3/c1-21(2,3)28-20(27)26-12-9-16(14-26)19-23-18(24-29-19)15-7-8-17(22-13-15)25-10-5-4-6-11-25/h7-8,13,16H,4-6,9-12,14H2,1-3H3/t16-/m1/s1. The molecule has 0 unspecified atom stereocenters. The van der Waals surface area contributed by atoms with E-state index >= 15 is 0 Å².